The first-order valence-electron chi connectivity index (χ1n) is 7.27. The Morgan fingerprint density at radius 2 is 2.13 bits per heavy atom. The molecule has 0 aliphatic carbocycles. The molecule has 23 heavy (non-hydrogen) atoms. The van der Waals surface area contributed by atoms with Gasteiger partial charge in [0.2, 0.25) is 0 Å². The number of rotatable bonds is 3. The first-order chi connectivity index (χ1) is 10.7. The number of halogens is 1. The van der Waals surface area contributed by atoms with E-state index in [0.29, 0.717) is 38.2 Å². The van der Waals surface area contributed by atoms with Gasteiger partial charge in [-0.1, -0.05) is 12.1 Å². The van der Waals surface area contributed by atoms with Crippen molar-refractivity contribution in [1.29, 1.82) is 0 Å². The van der Waals surface area contributed by atoms with Crippen LogP contribution >= 0.6 is 12.4 Å². The zero-order chi connectivity index (χ0) is 15.5. The summed E-state index contributed by atoms with van der Waals surface area (Å²) >= 11 is 0. The van der Waals surface area contributed by atoms with Crippen LogP contribution in [0.5, 0.6) is 11.5 Å². The zero-order valence-corrected chi connectivity index (χ0v) is 13.7. The summed E-state index contributed by atoms with van der Waals surface area (Å²) in [5.74, 6) is 1.13. The first-order valence-corrected chi connectivity index (χ1v) is 7.27. The molecule has 6 nitrogen and oxygen atoms in total. The van der Waals surface area contributed by atoms with E-state index in [2.05, 4.69) is 4.90 Å². The maximum atomic E-state index is 11.7. The highest BCUT2D eigenvalue weighted by Crippen LogP contribution is 2.31. The Morgan fingerprint density at radius 3 is 2.87 bits per heavy atom. The lowest BCUT2D eigenvalue weighted by Crippen LogP contribution is -2.44. The van der Waals surface area contributed by atoms with E-state index < -0.39 is 5.97 Å². The Bertz CT molecular complexity index is 604. The molecule has 1 unspecified atom stereocenters. The number of hydrogen-bond donors (Lipinski definition) is 1. The molecule has 7 heteroatoms. The second kappa shape index (κ2) is 7.57. The number of esters is 1. The minimum Gasteiger partial charge on any atom is -0.512 e. The molecule has 0 fully saturated rings. The number of aliphatic hydroxyl groups excluding tert-OH is 1. The number of ether oxygens (including phenoxy) is 3. The molecule has 0 bridgehead atoms. The lowest BCUT2D eigenvalue weighted by atomic mass is 10.1. The van der Waals surface area contributed by atoms with Crippen molar-refractivity contribution < 1.29 is 24.1 Å². The molecule has 2 heterocycles. The third-order valence-corrected chi connectivity index (χ3v) is 3.86. The molecule has 126 valence electrons. The van der Waals surface area contributed by atoms with Crippen molar-refractivity contribution in [2.45, 2.75) is 12.5 Å². The topological polar surface area (TPSA) is 68.2 Å². The summed E-state index contributed by atoms with van der Waals surface area (Å²) in [5, 5.41) is 9.82. The van der Waals surface area contributed by atoms with Gasteiger partial charge in [-0.15, -0.1) is 12.4 Å². The van der Waals surface area contributed by atoms with Crippen LogP contribution in [0.2, 0.25) is 0 Å². The number of hydrogen-bond acceptors (Lipinski definition) is 6. The second-order valence-corrected chi connectivity index (χ2v) is 5.40. The highest BCUT2D eigenvalue weighted by Gasteiger charge is 2.28. The molecule has 0 amide bonds. The molecular formula is C16H20ClNO5. The SMILES string of the molecule is COC(=O)C1=C(O)CCN(CC2COc3ccccc3O2)C1.Cl. The fraction of sp³-hybridized carbons (Fsp3) is 0.438. The smallest absolute Gasteiger partial charge is 0.338 e. The Kier molecular flexibility index (Phi) is 5.74. The molecule has 1 atom stereocenters. The number of nitrogens with zero attached hydrogens (tertiary/aromatic N) is 1. The molecule has 1 aromatic rings. The van der Waals surface area contributed by atoms with Gasteiger partial charge < -0.3 is 19.3 Å². The fourth-order valence-electron chi connectivity index (χ4n) is 2.71. The third kappa shape index (κ3) is 3.89. The number of methoxy groups -OCH3 is 1. The van der Waals surface area contributed by atoms with Crippen molar-refractivity contribution >= 4 is 18.4 Å². The summed E-state index contributed by atoms with van der Waals surface area (Å²) in [6, 6.07) is 7.57. The predicted octanol–water partition coefficient (Wildman–Crippen LogP) is 1.94. The van der Waals surface area contributed by atoms with E-state index in [9.17, 15) is 9.90 Å². The molecule has 1 aromatic carbocycles. The number of benzene rings is 1. The number of carbonyl (C=O) groups excluding carboxylic acids is 1. The lowest BCUT2D eigenvalue weighted by molar-refractivity contribution is -0.136. The maximum Gasteiger partial charge on any atom is 0.338 e. The molecule has 2 aliphatic heterocycles. The van der Waals surface area contributed by atoms with Gasteiger partial charge in [-0.05, 0) is 12.1 Å². The number of fused-ring (bicyclic) bond motifs is 1. The minimum atomic E-state index is -0.478. The summed E-state index contributed by atoms with van der Waals surface area (Å²) in [6.07, 6.45) is 0.336. The summed E-state index contributed by atoms with van der Waals surface area (Å²) in [4.78, 5) is 13.7. The van der Waals surface area contributed by atoms with Gasteiger partial charge in [0.1, 0.15) is 18.5 Å². The summed E-state index contributed by atoms with van der Waals surface area (Å²) in [7, 11) is 1.32. The lowest BCUT2D eigenvalue weighted by Gasteiger charge is -2.33. The summed E-state index contributed by atoms with van der Waals surface area (Å²) in [5.41, 5.74) is 0.325. The maximum absolute atomic E-state index is 11.7. The molecular weight excluding hydrogens is 322 g/mol. The standard InChI is InChI=1S/C16H19NO5.ClH/c1-20-16(19)12-9-17(7-6-13(12)18)8-11-10-21-14-4-2-3-5-15(14)22-11;/h2-5,11,18H,6-10H2,1H3;1H. The van der Waals surface area contributed by atoms with E-state index in [1.807, 2.05) is 24.3 Å². The third-order valence-electron chi connectivity index (χ3n) is 3.86. The number of aliphatic hydroxyl groups is 1. The molecule has 0 spiro atoms. The van der Waals surface area contributed by atoms with Crippen LogP contribution in [0.25, 0.3) is 0 Å². The first kappa shape index (κ1) is 17.4. The second-order valence-electron chi connectivity index (χ2n) is 5.40. The Hall–Kier alpha value is -1.92. The predicted molar refractivity (Wildman–Crippen MR) is 86.3 cm³/mol. The number of carbonyl (C=O) groups is 1. The van der Waals surface area contributed by atoms with Gasteiger partial charge in [-0.2, -0.15) is 0 Å². The summed E-state index contributed by atoms with van der Waals surface area (Å²) in [6.45, 7) is 2.13. The van der Waals surface area contributed by atoms with Crippen molar-refractivity contribution in [1.82, 2.24) is 4.90 Å². The Labute approximate surface area is 141 Å². The van der Waals surface area contributed by atoms with Crippen LogP contribution in [-0.2, 0) is 9.53 Å². The molecule has 1 N–H and O–H groups in total. The summed E-state index contributed by atoms with van der Waals surface area (Å²) < 4.78 is 16.3. The fourth-order valence-corrected chi connectivity index (χ4v) is 2.71. The van der Waals surface area contributed by atoms with Crippen molar-refractivity contribution in [2.75, 3.05) is 33.4 Å². The van der Waals surface area contributed by atoms with Crippen molar-refractivity contribution in [3.63, 3.8) is 0 Å². The largest absolute Gasteiger partial charge is 0.512 e. The van der Waals surface area contributed by atoms with Gasteiger partial charge in [-0.25, -0.2) is 4.79 Å². The van der Waals surface area contributed by atoms with Crippen LogP contribution in [0.15, 0.2) is 35.6 Å². The van der Waals surface area contributed by atoms with Crippen LogP contribution in [0, 0.1) is 0 Å². The van der Waals surface area contributed by atoms with E-state index in [4.69, 9.17) is 14.2 Å². The van der Waals surface area contributed by atoms with Crippen molar-refractivity contribution in [3.05, 3.63) is 35.6 Å². The van der Waals surface area contributed by atoms with Gasteiger partial charge >= 0.3 is 5.97 Å². The molecule has 0 radical (unpaired) electrons. The van der Waals surface area contributed by atoms with E-state index in [1.165, 1.54) is 7.11 Å². The highest BCUT2D eigenvalue weighted by molar-refractivity contribution is 5.89. The molecule has 2 aliphatic rings. The van der Waals surface area contributed by atoms with E-state index in [-0.39, 0.29) is 24.3 Å². The molecule has 3 rings (SSSR count). The Balaban J connectivity index is 0.00000192. The van der Waals surface area contributed by atoms with Gasteiger partial charge in [0.25, 0.3) is 0 Å². The zero-order valence-electron chi connectivity index (χ0n) is 12.9. The van der Waals surface area contributed by atoms with Gasteiger partial charge in [0.15, 0.2) is 11.5 Å². The van der Waals surface area contributed by atoms with Crippen molar-refractivity contribution in [3.8, 4) is 11.5 Å². The minimum absolute atomic E-state index is 0. The average molecular weight is 342 g/mol. The van der Waals surface area contributed by atoms with Crippen LogP contribution in [-0.4, -0.2) is 55.4 Å². The van der Waals surface area contributed by atoms with Crippen LogP contribution < -0.4 is 9.47 Å². The van der Waals surface area contributed by atoms with Crippen molar-refractivity contribution in [2.24, 2.45) is 0 Å². The normalized spacial score (nSPS) is 20.7. The van der Waals surface area contributed by atoms with Gasteiger partial charge in [0.05, 0.1) is 12.7 Å². The quantitative estimate of drug-likeness (QED) is 0.847. The van der Waals surface area contributed by atoms with Crippen LogP contribution in [0.1, 0.15) is 6.42 Å². The molecule has 0 aromatic heterocycles. The monoisotopic (exact) mass is 341 g/mol. The van der Waals surface area contributed by atoms with Gasteiger partial charge in [-0.3, -0.25) is 4.90 Å². The van der Waals surface area contributed by atoms with Gasteiger partial charge in [0, 0.05) is 26.1 Å². The molecule has 0 saturated heterocycles. The van der Waals surface area contributed by atoms with E-state index in [1.54, 1.807) is 0 Å². The van der Waals surface area contributed by atoms with E-state index >= 15 is 0 Å². The Morgan fingerprint density at radius 1 is 1.39 bits per heavy atom. The highest BCUT2D eigenvalue weighted by atomic mass is 35.5. The average Bonchev–Trinajstić information content (AvgIpc) is 2.56. The van der Waals surface area contributed by atoms with E-state index in [0.717, 1.165) is 11.5 Å². The molecule has 0 saturated carbocycles. The van der Waals surface area contributed by atoms with Crippen LogP contribution in [0.3, 0.4) is 0 Å². The number of para-hydroxylation sites is 2. The van der Waals surface area contributed by atoms with Crippen LogP contribution in [0.4, 0.5) is 0 Å².